The van der Waals surface area contributed by atoms with Crippen molar-refractivity contribution in [3.8, 4) is 5.75 Å². The number of benzene rings is 1. The first kappa shape index (κ1) is 11.9. The Kier molecular flexibility index (Phi) is 3.84. The summed E-state index contributed by atoms with van der Waals surface area (Å²) >= 11 is 3.53. The maximum absolute atomic E-state index is 5.76. The van der Waals surface area contributed by atoms with Crippen LogP contribution in [0.15, 0.2) is 22.7 Å². The number of nitrogens with one attached hydrogen (secondary N) is 1. The second kappa shape index (κ2) is 5.17. The van der Waals surface area contributed by atoms with Crippen molar-refractivity contribution in [2.75, 3.05) is 20.3 Å². The first-order valence-electron chi connectivity index (χ1n) is 5.42. The van der Waals surface area contributed by atoms with E-state index < -0.39 is 0 Å². The van der Waals surface area contributed by atoms with E-state index in [0.717, 1.165) is 10.2 Å². The molecule has 88 valence electrons. The van der Waals surface area contributed by atoms with Crippen molar-refractivity contribution >= 4 is 15.9 Å². The van der Waals surface area contributed by atoms with Crippen molar-refractivity contribution in [3.05, 3.63) is 28.2 Å². The van der Waals surface area contributed by atoms with Gasteiger partial charge < -0.3 is 14.8 Å². The van der Waals surface area contributed by atoms with E-state index in [9.17, 15) is 0 Å². The van der Waals surface area contributed by atoms with Crippen molar-refractivity contribution in [2.24, 2.45) is 0 Å². The minimum atomic E-state index is 0.212. The van der Waals surface area contributed by atoms with E-state index in [1.54, 1.807) is 0 Å². The van der Waals surface area contributed by atoms with Crippen LogP contribution in [0.2, 0.25) is 0 Å². The highest BCUT2D eigenvalue weighted by atomic mass is 79.9. The zero-order chi connectivity index (χ0) is 11.5. The number of hydrogen-bond donors (Lipinski definition) is 1. The Bertz CT molecular complexity index is 366. The first-order chi connectivity index (χ1) is 7.70. The number of hydrogen-bond acceptors (Lipinski definition) is 3. The van der Waals surface area contributed by atoms with Gasteiger partial charge in [-0.25, -0.2) is 0 Å². The van der Waals surface area contributed by atoms with Crippen LogP contribution in [0.25, 0.3) is 0 Å². The third kappa shape index (κ3) is 2.56. The predicted molar refractivity (Wildman–Crippen MR) is 66.9 cm³/mol. The molecule has 3 nitrogen and oxygen atoms in total. The Balaban J connectivity index is 2.09. The molecule has 1 heterocycles. The first-order valence-corrected chi connectivity index (χ1v) is 6.21. The van der Waals surface area contributed by atoms with Crippen LogP contribution in [0.4, 0.5) is 0 Å². The van der Waals surface area contributed by atoms with Crippen LogP contribution in [0.3, 0.4) is 0 Å². The summed E-state index contributed by atoms with van der Waals surface area (Å²) in [7, 11) is 1.95. The minimum absolute atomic E-state index is 0.212. The fourth-order valence-corrected chi connectivity index (χ4v) is 2.00. The molecule has 0 spiro atoms. The van der Waals surface area contributed by atoms with Crippen molar-refractivity contribution in [2.45, 2.75) is 19.1 Å². The van der Waals surface area contributed by atoms with Crippen LogP contribution in [-0.4, -0.2) is 26.4 Å². The standard InChI is InChI=1S/C12H16BrNO2/c1-8(14-2)9-3-4-12(11(13)5-9)16-10-6-15-7-10/h3-5,8,10,14H,6-7H2,1-2H3. The zero-order valence-electron chi connectivity index (χ0n) is 9.50. The Morgan fingerprint density at radius 2 is 2.25 bits per heavy atom. The summed E-state index contributed by atoms with van der Waals surface area (Å²) in [6, 6.07) is 6.53. The van der Waals surface area contributed by atoms with Gasteiger partial charge in [0.25, 0.3) is 0 Å². The van der Waals surface area contributed by atoms with Crippen molar-refractivity contribution in [1.82, 2.24) is 5.32 Å². The molecule has 1 aromatic carbocycles. The molecular weight excluding hydrogens is 270 g/mol. The zero-order valence-corrected chi connectivity index (χ0v) is 11.1. The molecule has 0 bridgehead atoms. The van der Waals surface area contributed by atoms with E-state index in [1.165, 1.54) is 5.56 Å². The molecule has 0 aliphatic carbocycles. The Morgan fingerprint density at radius 3 is 2.75 bits per heavy atom. The Labute approximate surface area is 104 Å². The summed E-state index contributed by atoms with van der Waals surface area (Å²) in [5, 5.41) is 3.21. The van der Waals surface area contributed by atoms with E-state index in [0.29, 0.717) is 19.3 Å². The monoisotopic (exact) mass is 285 g/mol. The van der Waals surface area contributed by atoms with E-state index in [2.05, 4.69) is 40.3 Å². The topological polar surface area (TPSA) is 30.5 Å². The number of ether oxygens (including phenoxy) is 2. The molecular formula is C12H16BrNO2. The number of halogens is 1. The molecule has 0 amide bonds. The van der Waals surface area contributed by atoms with Gasteiger partial charge >= 0.3 is 0 Å². The van der Waals surface area contributed by atoms with E-state index in [-0.39, 0.29) is 6.10 Å². The molecule has 0 saturated carbocycles. The van der Waals surface area contributed by atoms with Gasteiger partial charge in [0, 0.05) is 6.04 Å². The van der Waals surface area contributed by atoms with Gasteiger partial charge in [-0.3, -0.25) is 0 Å². The summed E-state index contributed by atoms with van der Waals surface area (Å²) < 4.78 is 11.8. The third-order valence-electron chi connectivity index (χ3n) is 2.79. The molecule has 0 aromatic heterocycles. The summed E-state index contributed by atoms with van der Waals surface area (Å²) in [6.45, 7) is 3.52. The van der Waals surface area contributed by atoms with Gasteiger partial charge in [0.2, 0.25) is 0 Å². The highest BCUT2D eigenvalue weighted by molar-refractivity contribution is 9.10. The second-order valence-electron chi connectivity index (χ2n) is 3.98. The lowest BCUT2D eigenvalue weighted by molar-refractivity contribution is -0.0799. The van der Waals surface area contributed by atoms with Crippen molar-refractivity contribution in [1.29, 1.82) is 0 Å². The SMILES string of the molecule is CNC(C)c1ccc(OC2COC2)c(Br)c1. The van der Waals surface area contributed by atoms with E-state index in [4.69, 9.17) is 9.47 Å². The lowest BCUT2D eigenvalue weighted by atomic mass is 10.1. The van der Waals surface area contributed by atoms with Crippen LogP contribution in [0.5, 0.6) is 5.75 Å². The molecule has 4 heteroatoms. The summed E-state index contributed by atoms with van der Waals surface area (Å²) in [4.78, 5) is 0. The van der Waals surface area contributed by atoms with Crippen molar-refractivity contribution in [3.63, 3.8) is 0 Å². The predicted octanol–water partition coefficient (Wildman–Crippen LogP) is 2.51. The Morgan fingerprint density at radius 1 is 1.50 bits per heavy atom. The fraction of sp³-hybridized carbons (Fsp3) is 0.500. The fourth-order valence-electron chi connectivity index (χ4n) is 1.51. The molecule has 1 fully saturated rings. The van der Waals surface area contributed by atoms with Crippen LogP contribution in [-0.2, 0) is 4.74 Å². The summed E-state index contributed by atoms with van der Waals surface area (Å²) in [5.74, 6) is 0.889. The van der Waals surface area contributed by atoms with Gasteiger partial charge in [0.05, 0.1) is 17.7 Å². The molecule has 1 saturated heterocycles. The van der Waals surface area contributed by atoms with E-state index >= 15 is 0 Å². The quantitative estimate of drug-likeness (QED) is 0.922. The van der Waals surface area contributed by atoms with E-state index in [1.807, 2.05) is 13.1 Å². The molecule has 1 aromatic rings. The molecule has 1 N–H and O–H groups in total. The summed E-state index contributed by atoms with van der Waals surface area (Å²) in [5.41, 5.74) is 1.24. The molecule has 1 atom stereocenters. The highest BCUT2D eigenvalue weighted by Crippen LogP contribution is 2.29. The number of rotatable bonds is 4. The normalized spacial score (nSPS) is 17.9. The van der Waals surface area contributed by atoms with Crippen LogP contribution < -0.4 is 10.1 Å². The van der Waals surface area contributed by atoms with Crippen LogP contribution >= 0.6 is 15.9 Å². The van der Waals surface area contributed by atoms with Gasteiger partial charge in [0.1, 0.15) is 11.9 Å². The van der Waals surface area contributed by atoms with Crippen molar-refractivity contribution < 1.29 is 9.47 Å². The molecule has 1 aliphatic heterocycles. The second-order valence-corrected chi connectivity index (χ2v) is 4.83. The van der Waals surface area contributed by atoms with Gasteiger partial charge in [-0.05, 0) is 47.6 Å². The minimum Gasteiger partial charge on any atom is -0.484 e. The molecule has 2 rings (SSSR count). The largest absolute Gasteiger partial charge is 0.484 e. The molecule has 16 heavy (non-hydrogen) atoms. The maximum atomic E-state index is 5.76. The van der Waals surface area contributed by atoms with Gasteiger partial charge in [-0.1, -0.05) is 6.07 Å². The smallest absolute Gasteiger partial charge is 0.145 e. The lowest BCUT2D eigenvalue weighted by Crippen LogP contribution is -2.38. The molecule has 1 unspecified atom stereocenters. The summed E-state index contributed by atoms with van der Waals surface area (Å²) in [6.07, 6.45) is 0.212. The van der Waals surface area contributed by atoms with Gasteiger partial charge in [-0.15, -0.1) is 0 Å². The maximum Gasteiger partial charge on any atom is 0.145 e. The average molecular weight is 286 g/mol. The van der Waals surface area contributed by atoms with Crippen LogP contribution in [0.1, 0.15) is 18.5 Å². The highest BCUT2D eigenvalue weighted by Gasteiger charge is 2.21. The average Bonchev–Trinajstić information content (AvgIpc) is 2.23. The third-order valence-corrected chi connectivity index (χ3v) is 3.41. The Hall–Kier alpha value is -0.580. The van der Waals surface area contributed by atoms with Gasteiger partial charge in [-0.2, -0.15) is 0 Å². The lowest BCUT2D eigenvalue weighted by Gasteiger charge is -2.27. The molecule has 1 aliphatic rings. The van der Waals surface area contributed by atoms with Crippen LogP contribution in [0, 0.1) is 0 Å². The van der Waals surface area contributed by atoms with Gasteiger partial charge in [0.15, 0.2) is 0 Å². The molecule has 0 radical (unpaired) electrons.